The maximum Gasteiger partial charge on any atom is 0.262 e. The molecule has 0 heterocycles. The summed E-state index contributed by atoms with van der Waals surface area (Å²) in [6.45, 7) is -0.176. The number of nitrogen functional groups attached to an aromatic ring is 1. The van der Waals surface area contributed by atoms with Crippen LogP contribution in [0.25, 0.3) is 0 Å². The lowest BCUT2D eigenvalue weighted by Crippen LogP contribution is -2.20. The summed E-state index contributed by atoms with van der Waals surface area (Å²) < 4.78 is 23.3. The fraction of sp³-hybridized carbons (Fsp3) is 0.133. The maximum atomic E-state index is 13.0. The van der Waals surface area contributed by atoms with E-state index in [-0.39, 0.29) is 18.3 Å². The molecule has 110 valence electrons. The van der Waals surface area contributed by atoms with E-state index >= 15 is 0 Å². The molecule has 0 aliphatic carbocycles. The van der Waals surface area contributed by atoms with E-state index in [1.54, 1.807) is 24.3 Å². The minimum Gasteiger partial charge on any atom is -0.494 e. The molecule has 3 N–H and O–H groups in total. The zero-order valence-corrected chi connectivity index (χ0v) is 11.4. The zero-order valence-electron chi connectivity index (χ0n) is 11.4. The first-order valence-electron chi connectivity index (χ1n) is 6.20. The Balaban J connectivity index is 1.94. The molecule has 6 heteroatoms. The van der Waals surface area contributed by atoms with E-state index in [0.717, 1.165) is 0 Å². The standard InChI is InChI=1S/C15H15FN2O3/c1-20-14-8-10(16)2-7-13(14)18-15(19)9-21-12-5-3-11(17)4-6-12/h2-8H,9,17H2,1H3,(H,18,19). The first-order chi connectivity index (χ1) is 10.1. The van der Waals surface area contributed by atoms with E-state index in [1.165, 1.54) is 25.3 Å². The van der Waals surface area contributed by atoms with Crippen molar-refractivity contribution in [1.29, 1.82) is 0 Å². The number of halogens is 1. The number of anilines is 2. The Morgan fingerprint density at radius 1 is 1.24 bits per heavy atom. The molecule has 0 fully saturated rings. The van der Waals surface area contributed by atoms with E-state index in [1.807, 2.05) is 0 Å². The molecule has 0 saturated carbocycles. The molecule has 1 amide bonds. The highest BCUT2D eigenvalue weighted by atomic mass is 19.1. The molecule has 0 aromatic heterocycles. The van der Waals surface area contributed by atoms with Gasteiger partial charge >= 0.3 is 0 Å². The van der Waals surface area contributed by atoms with Gasteiger partial charge in [-0.25, -0.2) is 4.39 Å². The number of ether oxygens (including phenoxy) is 2. The number of rotatable bonds is 5. The van der Waals surface area contributed by atoms with E-state index in [4.69, 9.17) is 15.2 Å². The number of amides is 1. The van der Waals surface area contributed by atoms with Crippen LogP contribution in [0.1, 0.15) is 0 Å². The van der Waals surface area contributed by atoms with E-state index < -0.39 is 5.82 Å². The summed E-state index contributed by atoms with van der Waals surface area (Å²) in [7, 11) is 1.40. The Kier molecular flexibility index (Phi) is 4.61. The summed E-state index contributed by atoms with van der Waals surface area (Å²) in [5.74, 6) is -0.0408. The molecule has 2 rings (SSSR count). The molecular formula is C15H15FN2O3. The van der Waals surface area contributed by atoms with Gasteiger partial charge in [-0.3, -0.25) is 4.79 Å². The van der Waals surface area contributed by atoms with Crippen LogP contribution in [0.2, 0.25) is 0 Å². The van der Waals surface area contributed by atoms with Crippen molar-refractivity contribution in [3.63, 3.8) is 0 Å². The van der Waals surface area contributed by atoms with Crippen molar-refractivity contribution in [1.82, 2.24) is 0 Å². The number of methoxy groups -OCH3 is 1. The summed E-state index contributed by atoms with van der Waals surface area (Å²) in [6.07, 6.45) is 0. The minimum atomic E-state index is -0.442. The van der Waals surface area contributed by atoms with Crippen molar-refractivity contribution in [2.75, 3.05) is 24.8 Å². The van der Waals surface area contributed by atoms with Crippen LogP contribution in [0.15, 0.2) is 42.5 Å². The first-order valence-corrected chi connectivity index (χ1v) is 6.20. The number of nitrogens with two attached hydrogens (primary N) is 1. The fourth-order valence-electron chi connectivity index (χ4n) is 1.67. The number of hydrogen-bond donors (Lipinski definition) is 2. The lowest BCUT2D eigenvalue weighted by molar-refractivity contribution is -0.118. The third-order valence-corrected chi connectivity index (χ3v) is 2.69. The minimum absolute atomic E-state index is 0.176. The third-order valence-electron chi connectivity index (χ3n) is 2.69. The second-order valence-electron chi connectivity index (χ2n) is 4.25. The quantitative estimate of drug-likeness (QED) is 0.829. The smallest absolute Gasteiger partial charge is 0.262 e. The van der Waals surface area contributed by atoms with E-state index in [2.05, 4.69) is 5.32 Å². The summed E-state index contributed by atoms with van der Waals surface area (Å²) in [6, 6.07) is 10.5. The average Bonchev–Trinajstić information content (AvgIpc) is 2.48. The number of hydrogen-bond acceptors (Lipinski definition) is 4. The molecule has 0 aliphatic rings. The first kappa shape index (κ1) is 14.6. The van der Waals surface area contributed by atoms with Crippen molar-refractivity contribution in [2.24, 2.45) is 0 Å². The lowest BCUT2D eigenvalue weighted by Gasteiger charge is -2.11. The molecule has 21 heavy (non-hydrogen) atoms. The second-order valence-corrected chi connectivity index (χ2v) is 4.25. The summed E-state index contributed by atoms with van der Waals surface area (Å²) >= 11 is 0. The second kappa shape index (κ2) is 6.60. The van der Waals surface area contributed by atoms with Gasteiger partial charge in [0.25, 0.3) is 5.91 Å². The summed E-state index contributed by atoms with van der Waals surface area (Å²) in [4.78, 5) is 11.8. The van der Waals surface area contributed by atoms with Gasteiger partial charge in [-0.2, -0.15) is 0 Å². The molecule has 0 saturated heterocycles. The van der Waals surface area contributed by atoms with Crippen LogP contribution in [0.4, 0.5) is 15.8 Å². The predicted molar refractivity (Wildman–Crippen MR) is 77.9 cm³/mol. The zero-order chi connectivity index (χ0) is 15.2. The van der Waals surface area contributed by atoms with Crippen LogP contribution in [-0.2, 0) is 4.79 Å². The molecule has 5 nitrogen and oxygen atoms in total. The van der Waals surface area contributed by atoms with Crippen LogP contribution in [0, 0.1) is 5.82 Å². The molecule has 0 atom stereocenters. The van der Waals surface area contributed by atoms with Crippen molar-refractivity contribution >= 4 is 17.3 Å². The van der Waals surface area contributed by atoms with E-state index in [0.29, 0.717) is 17.1 Å². The van der Waals surface area contributed by atoms with Gasteiger partial charge in [-0.15, -0.1) is 0 Å². The van der Waals surface area contributed by atoms with Crippen molar-refractivity contribution in [2.45, 2.75) is 0 Å². The molecule has 0 aliphatic heterocycles. The maximum absolute atomic E-state index is 13.0. The van der Waals surface area contributed by atoms with Crippen molar-refractivity contribution in [3.8, 4) is 11.5 Å². The number of carbonyl (C=O) groups is 1. The summed E-state index contributed by atoms with van der Waals surface area (Å²) in [5.41, 5.74) is 6.54. The number of carbonyl (C=O) groups excluding carboxylic acids is 1. The van der Waals surface area contributed by atoms with Crippen LogP contribution >= 0.6 is 0 Å². The van der Waals surface area contributed by atoms with Crippen LogP contribution in [-0.4, -0.2) is 19.6 Å². The highest BCUT2D eigenvalue weighted by Gasteiger charge is 2.09. The van der Waals surface area contributed by atoms with Crippen molar-refractivity contribution in [3.05, 3.63) is 48.3 Å². The predicted octanol–water partition coefficient (Wildman–Crippen LogP) is 2.43. The van der Waals surface area contributed by atoms with Crippen LogP contribution < -0.4 is 20.5 Å². The molecule has 2 aromatic carbocycles. The van der Waals surface area contributed by atoms with Gasteiger partial charge < -0.3 is 20.5 Å². The average molecular weight is 290 g/mol. The summed E-state index contributed by atoms with van der Waals surface area (Å²) in [5, 5.41) is 2.59. The third kappa shape index (κ3) is 4.10. The van der Waals surface area contributed by atoms with Gasteiger partial charge in [-0.1, -0.05) is 0 Å². The highest BCUT2D eigenvalue weighted by molar-refractivity contribution is 5.93. The Hall–Kier alpha value is -2.76. The van der Waals surface area contributed by atoms with Gasteiger partial charge in [0.1, 0.15) is 17.3 Å². The normalized spacial score (nSPS) is 10.0. The molecular weight excluding hydrogens is 275 g/mol. The molecule has 2 aromatic rings. The Morgan fingerprint density at radius 2 is 1.95 bits per heavy atom. The Morgan fingerprint density at radius 3 is 2.62 bits per heavy atom. The van der Waals surface area contributed by atoms with Gasteiger partial charge in [0.05, 0.1) is 12.8 Å². The van der Waals surface area contributed by atoms with Crippen molar-refractivity contribution < 1.29 is 18.7 Å². The monoisotopic (exact) mass is 290 g/mol. The number of nitrogens with one attached hydrogen (secondary N) is 1. The fourth-order valence-corrected chi connectivity index (χ4v) is 1.67. The molecule has 0 radical (unpaired) electrons. The largest absolute Gasteiger partial charge is 0.494 e. The highest BCUT2D eigenvalue weighted by Crippen LogP contribution is 2.24. The van der Waals surface area contributed by atoms with Crippen LogP contribution in [0.3, 0.4) is 0 Å². The molecule has 0 spiro atoms. The Labute approximate surface area is 121 Å². The SMILES string of the molecule is COc1cc(F)ccc1NC(=O)COc1ccc(N)cc1. The topological polar surface area (TPSA) is 73.6 Å². The molecule has 0 bridgehead atoms. The van der Waals surface area contributed by atoms with E-state index in [9.17, 15) is 9.18 Å². The number of benzene rings is 2. The van der Waals surface area contributed by atoms with Gasteiger partial charge in [-0.05, 0) is 36.4 Å². The Bertz CT molecular complexity index is 629. The van der Waals surface area contributed by atoms with Gasteiger partial charge in [0.2, 0.25) is 0 Å². The molecule has 0 unspecified atom stereocenters. The lowest BCUT2D eigenvalue weighted by atomic mass is 10.3. The van der Waals surface area contributed by atoms with Gasteiger partial charge in [0, 0.05) is 11.8 Å². The van der Waals surface area contributed by atoms with Crippen LogP contribution in [0.5, 0.6) is 11.5 Å². The van der Waals surface area contributed by atoms with Gasteiger partial charge in [0.15, 0.2) is 6.61 Å².